The summed E-state index contributed by atoms with van der Waals surface area (Å²) in [5, 5.41) is 2.35. The molecule has 0 amide bonds. The van der Waals surface area contributed by atoms with Gasteiger partial charge >= 0.3 is 0 Å². The molecule has 0 saturated carbocycles. The van der Waals surface area contributed by atoms with Gasteiger partial charge in [-0.2, -0.15) is 0 Å². The van der Waals surface area contributed by atoms with Crippen LogP contribution < -0.4 is 0 Å². The minimum absolute atomic E-state index is 0.342. The summed E-state index contributed by atoms with van der Waals surface area (Å²) in [6.45, 7) is 12.8. The van der Waals surface area contributed by atoms with Gasteiger partial charge in [-0.1, -0.05) is 19.1 Å². The number of pyridine rings is 1. The fraction of sp³-hybridized carbons (Fsp3) is 0.522. The maximum absolute atomic E-state index is 6.40. The van der Waals surface area contributed by atoms with Crippen molar-refractivity contribution in [3.05, 3.63) is 41.1 Å². The molecule has 4 unspecified atom stereocenters. The predicted octanol–water partition coefficient (Wildman–Crippen LogP) is 5.57. The van der Waals surface area contributed by atoms with Crippen molar-refractivity contribution in [2.75, 3.05) is 6.54 Å². The third-order valence-electron chi connectivity index (χ3n) is 7.24. The van der Waals surface area contributed by atoms with Crippen LogP contribution in [0.15, 0.2) is 28.7 Å². The topological polar surface area (TPSA) is 29.3 Å². The van der Waals surface area contributed by atoms with E-state index in [1.54, 1.807) is 0 Å². The Bertz CT molecular complexity index is 1020. The molecule has 1 aromatic carbocycles. The molecule has 3 aliphatic rings. The molecule has 3 aromatic rings. The zero-order chi connectivity index (χ0) is 18.2. The number of hydrogen-bond acceptors (Lipinski definition) is 3. The highest BCUT2D eigenvalue weighted by atomic mass is 16.3. The molecule has 3 aliphatic heterocycles. The average Bonchev–Trinajstić information content (AvgIpc) is 2.93. The second kappa shape index (κ2) is 5.32. The van der Waals surface area contributed by atoms with E-state index in [0.717, 1.165) is 22.4 Å². The first-order valence-corrected chi connectivity index (χ1v) is 9.94. The van der Waals surface area contributed by atoms with E-state index >= 15 is 0 Å². The van der Waals surface area contributed by atoms with Gasteiger partial charge in [-0.25, -0.2) is 4.98 Å². The Labute approximate surface area is 155 Å². The summed E-state index contributed by atoms with van der Waals surface area (Å²) in [6, 6.07) is 9.96. The van der Waals surface area contributed by atoms with Gasteiger partial charge in [0.2, 0.25) is 5.71 Å². The summed E-state index contributed by atoms with van der Waals surface area (Å²) in [4.78, 5) is 7.36. The van der Waals surface area contributed by atoms with Crippen LogP contribution >= 0.6 is 0 Å². The molecule has 5 heterocycles. The van der Waals surface area contributed by atoms with Crippen LogP contribution in [0.25, 0.3) is 22.1 Å². The van der Waals surface area contributed by atoms with Gasteiger partial charge in [-0.15, -0.1) is 0 Å². The first-order valence-electron chi connectivity index (χ1n) is 9.94. The van der Waals surface area contributed by atoms with Crippen LogP contribution in [0.1, 0.15) is 56.4 Å². The lowest BCUT2D eigenvalue weighted by Gasteiger charge is -2.59. The largest absolute Gasteiger partial charge is 0.437 e. The Morgan fingerprint density at radius 1 is 1.12 bits per heavy atom. The van der Waals surface area contributed by atoms with E-state index in [-0.39, 0.29) is 0 Å². The van der Waals surface area contributed by atoms with Gasteiger partial charge < -0.3 is 4.42 Å². The Morgan fingerprint density at radius 3 is 2.62 bits per heavy atom. The summed E-state index contributed by atoms with van der Waals surface area (Å²) >= 11 is 0. The van der Waals surface area contributed by atoms with Crippen molar-refractivity contribution in [1.29, 1.82) is 0 Å². The van der Waals surface area contributed by atoms with Gasteiger partial charge in [-0.3, -0.25) is 4.90 Å². The summed E-state index contributed by atoms with van der Waals surface area (Å²) < 4.78 is 6.40. The monoisotopic (exact) mass is 348 g/mol. The number of aryl methyl sites for hydroxylation is 2. The molecular formula is C23H28N2O. The summed E-state index contributed by atoms with van der Waals surface area (Å²) in [5.41, 5.74) is 5.97. The van der Waals surface area contributed by atoms with Crippen LogP contribution in [0.2, 0.25) is 0 Å². The molecule has 3 saturated heterocycles. The maximum Gasteiger partial charge on any atom is 0.227 e. The predicted molar refractivity (Wildman–Crippen MR) is 107 cm³/mol. The van der Waals surface area contributed by atoms with Gasteiger partial charge in [0, 0.05) is 40.0 Å². The Morgan fingerprint density at radius 2 is 1.88 bits per heavy atom. The smallest absolute Gasteiger partial charge is 0.227 e. The van der Waals surface area contributed by atoms with Crippen molar-refractivity contribution < 1.29 is 4.42 Å². The van der Waals surface area contributed by atoms with Gasteiger partial charge in [0.1, 0.15) is 5.58 Å². The number of hydrogen-bond donors (Lipinski definition) is 0. The fourth-order valence-electron chi connectivity index (χ4n) is 6.07. The van der Waals surface area contributed by atoms with Crippen molar-refractivity contribution in [1.82, 2.24) is 9.88 Å². The van der Waals surface area contributed by atoms with E-state index in [4.69, 9.17) is 4.42 Å². The van der Waals surface area contributed by atoms with Crippen molar-refractivity contribution in [2.45, 2.75) is 65.5 Å². The summed E-state index contributed by atoms with van der Waals surface area (Å²) in [6.07, 6.45) is 2.55. The lowest BCUT2D eigenvalue weighted by Crippen LogP contribution is -2.60. The molecule has 26 heavy (non-hydrogen) atoms. The molecule has 0 radical (unpaired) electrons. The van der Waals surface area contributed by atoms with Gasteiger partial charge in [-0.05, 0) is 70.2 Å². The number of furan rings is 1. The van der Waals surface area contributed by atoms with Crippen molar-refractivity contribution in [3.8, 4) is 0 Å². The van der Waals surface area contributed by atoms with Gasteiger partial charge in [0.25, 0.3) is 0 Å². The average molecular weight is 348 g/mol. The number of benzene rings is 1. The van der Waals surface area contributed by atoms with Gasteiger partial charge in [0.15, 0.2) is 0 Å². The zero-order valence-electron chi connectivity index (χ0n) is 16.5. The number of nitrogens with zero attached hydrogens (tertiary/aromatic N) is 2. The van der Waals surface area contributed by atoms with Crippen LogP contribution in [0.4, 0.5) is 0 Å². The molecule has 0 spiro atoms. The van der Waals surface area contributed by atoms with E-state index < -0.39 is 0 Å². The van der Waals surface area contributed by atoms with Crippen LogP contribution in [0, 0.1) is 19.3 Å². The molecule has 3 heteroatoms. The lowest BCUT2D eigenvalue weighted by atomic mass is 9.58. The van der Waals surface area contributed by atoms with E-state index in [1.165, 1.54) is 35.9 Å². The fourth-order valence-corrected chi connectivity index (χ4v) is 6.07. The standard InChI is InChI=1S/C23H28N2O/c1-13-6-8-17-18-9-7-14(2)24-22(18)26-21(17)19(13)20-16(4)25-11-10-23(20,5)12-15(25)3/h6-9,15-16,20H,10-12H2,1-5H3/t15?,16-,20?,23?/m1/s1. The van der Waals surface area contributed by atoms with E-state index in [1.807, 2.05) is 6.92 Å². The molecule has 6 rings (SSSR count). The molecule has 3 nitrogen and oxygen atoms in total. The lowest BCUT2D eigenvalue weighted by molar-refractivity contribution is -0.0622. The van der Waals surface area contributed by atoms with E-state index in [9.17, 15) is 0 Å². The van der Waals surface area contributed by atoms with Crippen LogP contribution in [0.3, 0.4) is 0 Å². The van der Waals surface area contributed by atoms with Crippen molar-refractivity contribution in [3.63, 3.8) is 0 Å². The summed E-state index contributed by atoms with van der Waals surface area (Å²) in [7, 11) is 0. The van der Waals surface area contributed by atoms with E-state index in [2.05, 4.69) is 61.8 Å². The number of rotatable bonds is 1. The number of aromatic nitrogens is 1. The SMILES string of the molecule is Cc1ccc2c(n1)oc1c(C3[C@@H](C)N4CCC3(C)CC4C)c(C)ccc12. The second-order valence-electron chi connectivity index (χ2n) is 8.99. The van der Waals surface area contributed by atoms with Crippen LogP contribution in [-0.2, 0) is 0 Å². The minimum Gasteiger partial charge on any atom is -0.437 e. The highest BCUT2D eigenvalue weighted by Crippen LogP contribution is 2.56. The molecule has 3 fully saturated rings. The second-order valence-corrected chi connectivity index (χ2v) is 8.99. The van der Waals surface area contributed by atoms with Crippen LogP contribution in [-0.4, -0.2) is 28.5 Å². The van der Waals surface area contributed by atoms with Crippen LogP contribution in [0.5, 0.6) is 0 Å². The maximum atomic E-state index is 6.40. The summed E-state index contributed by atoms with van der Waals surface area (Å²) in [5.74, 6) is 0.512. The Kier molecular flexibility index (Phi) is 3.34. The van der Waals surface area contributed by atoms with Crippen molar-refractivity contribution in [2.24, 2.45) is 5.41 Å². The number of fused-ring (bicyclic) bond motifs is 6. The molecule has 0 N–H and O–H groups in total. The van der Waals surface area contributed by atoms with Crippen molar-refractivity contribution >= 4 is 22.1 Å². The third kappa shape index (κ3) is 2.07. The molecule has 2 aromatic heterocycles. The Balaban J connectivity index is 1.79. The highest BCUT2D eigenvalue weighted by Gasteiger charge is 2.52. The first-order chi connectivity index (χ1) is 12.4. The molecule has 0 aliphatic carbocycles. The first kappa shape index (κ1) is 16.3. The number of piperidine rings is 3. The molecule has 136 valence electrons. The molecule has 5 atom stereocenters. The highest BCUT2D eigenvalue weighted by molar-refractivity contribution is 6.05. The zero-order valence-corrected chi connectivity index (χ0v) is 16.5. The molecular weight excluding hydrogens is 320 g/mol. The van der Waals surface area contributed by atoms with Gasteiger partial charge in [0.05, 0.1) is 0 Å². The third-order valence-corrected chi connectivity index (χ3v) is 7.24. The normalized spacial score (nSPS) is 34.0. The Hall–Kier alpha value is -1.87. The quantitative estimate of drug-likeness (QED) is 0.575. The minimum atomic E-state index is 0.342. The van der Waals surface area contributed by atoms with E-state index in [0.29, 0.717) is 23.4 Å². The molecule has 2 bridgehead atoms.